The third-order valence-electron chi connectivity index (χ3n) is 5.63. The number of piperazine rings is 1. The first-order chi connectivity index (χ1) is 15.5. The van der Waals surface area contributed by atoms with Crippen molar-refractivity contribution in [1.82, 2.24) is 20.3 Å². The molecule has 2 aliphatic heterocycles. The van der Waals surface area contributed by atoms with Crippen LogP contribution in [0.25, 0.3) is 11.4 Å². The van der Waals surface area contributed by atoms with Crippen molar-refractivity contribution in [3.05, 3.63) is 29.6 Å². The summed E-state index contributed by atoms with van der Waals surface area (Å²) in [6, 6.07) is 1.95. The second-order valence-corrected chi connectivity index (χ2v) is 8.86. The Labute approximate surface area is 189 Å². The van der Waals surface area contributed by atoms with Crippen LogP contribution in [0.4, 0.5) is 34.0 Å². The predicted octanol–water partition coefficient (Wildman–Crippen LogP) is 3.77. The number of alkyl halides is 4. The average Bonchev–Trinajstić information content (AvgIpc) is 2.77. The second kappa shape index (κ2) is 8.98. The smallest absolute Gasteiger partial charge is 0.416 e. The molecule has 4 heterocycles. The van der Waals surface area contributed by atoms with Crippen molar-refractivity contribution in [3.63, 3.8) is 0 Å². The fraction of sp³-hybridized carbons (Fsp3) is 0.500. The van der Waals surface area contributed by atoms with Gasteiger partial charge in [0.2, 0.25) is 0 Å². The Morgan fingerprint density at radius 1 is 1.27 bits per heavy atom. The van der Waals surface area contributed by atoms with E-state index in [1.54, 1.807) is 4.90 Å². The topological polar surface area (TPSA) is 92.3 Å². The summed E-state index contributed by atoms with van der Waals surface area (Å²) in [6.07, 6.45) is -5.90. The Morgan fingerprint density at radius 2 is 2.03 bits per heavy atom. The summed E-state index contributed by atoms with van der Waals surface area (Å²) in [5.41, 5.74) is -1.04. The monoisotopic (exact) mass is 486 g/mol. The highest BCUT2D eigenvalue weighted by Gasteiger charge is 2.38. The van der Waals surface area contributed by atoms with Gasteiger partial charge in [0.05, 0.1) is 16.8 Å². The molecule has 2 aromatic heterocycles. The van der Waals surface area contributed by atoms with E-state index in [0.29, 0.717) is 19.6 Å². The molecule has 0 spiro atoms. The molecule has 2 aromatic rings. The van der Waals surface area contributed by atoms with Crippen molar-refractivity contribution in [1.29, 1.82) is 0 Å². The Bertz CT molecular complexity index is 1050. The first-order valence-electron chi connectivity index (χ1n) is 10.3. The minimum atomic E-state index is -4.64. The van der Waals surface area contributed by atoms with Crippen LogP contribution in [0.1, 0.15) is 31.1 Å². The molecule has 0 bridgehead atoms. The summed E-state index contributed by atoms with van der Waals surface area (Å²) in [6.45, 7) is 5.61. The molecule has 4 unspecified atom stereocenters. The molecule has 33 heavy (non-hydrogen) atoms. The van der Waals surface area contributed by atoms with Crippen molar-refractivity contribution >= 4 is 27.0 Å². The van der Waals surface area contributed by atoms with Gasteiger partial charge in [-0.2, -0.15) is 13.2 Å². The van der Waals surface area contributed by atoms with E-state index in [9.17, 15) is 22.4 Å². The number of carbonyl (C=O) groups excluding carboxylic acids is 1. The number of nitrogens with one attached hydrogen (secondary N) is 2. The number of pyridine rings is 1. The first-order valence-corrected chi connectivity index (χ1v) is 11.0. The molecule has 1 saturated heterocycles. The molecule has 1 fully saturated rings. The van der Waals surface area contributed by atoms with Gasteiger partial charge < -0.3 is 15.0 Å². The van der Waals surface area contributed by atoms with E-state index < -0.39 is 29.8 Å². The Morgan fingerprint density at radius 3 is 2.70 bits per heavy atom. The van der Waals surface area contributed by atoms with E-state index in [1.165, 1.54) is 0 Å². The molecular formula is C20H23F4N6O2P. The van der Waals surface area contributed by atoms with E-state index in [1.807, 2.05) is 23.1 Å². The van der Waals surface area contributed by atoms with Gasteiger partial charge in [-0.15, -0.1) is 0 Å². The Kier molecular flexibility index (Phi) is 6.41. The van der Waals surface area contributed by atoms with Crippen LogP contribution < -0.4 is 15.5 Å². The number of anilines is 2. The standard InChI is InChI=1S/C20H23F4N6O2P/c1-9(2)12-7-30(4-3-25-12)13-6-10(20(22,23)24)5-11(28-13)15-14-16(17(21)33)32-19(31)29-18(14)27-8-26-15/h5-6,8-9,12,16-17,25H,3-4,7,33H2,1-2H3,(H,26,27,29,31). The molecule has 1 amide bonds. The van der Waals surface area contributed by atoms with Gasteiger partial charge in [0.25, 0.3) is 0 Å². The highest BCUT2D eigenvalue weighted by Crippen LogP contribution is 2.41. The lowest BCUT2D eigenvalue weighted by Gasteiger charge is -2.37. The minimum absolute atomic E-state index is 0.0257. The van der Waals surface area contributed by atoms with Gasteiger partial charge in [0, 0.05) is 25.7 Å². The van der Waals surface area contributed by atoms with Gasteiger partial charge >= 0.3 is 12.3 Å². The van der Waals surface area contributed by atoms with E-state index in [0.717, 1.165) is 18.5 Å². The number of carbonyl (C=O) groups is 1. The fourth-order valence-corrected chi connectivity index (χ4v) is 4.16. The zero-order chi connectivity index (χ0) is 23.9. The summed E-state index contributed by atoms with van der Waals surface area (Å²) in [5, 5.41) is 5.70. The first kappa shape index (κ1) is 23.6. The zero-order valence-corrected chi connectivity index (χ0v) is 19.0. The number of hydrogen-bond acceptors (Lipinski definition) is 7. The SMILES string of the molecule is CC(C)C1CN(c2cc(C(F)(F)F)cc(-c3ncnc4c3C(C(F)P)OC(=O)N4)n2)CCN1. The number of rotatable bonds is 4. The van der Waals surface area contributed by atoms with Crippen LogP contribution in [-0.2, 0) is 10.9 Å². The molecule has 2 N–H and O–H groups in total. The van der Waals surface area contributed by atoms with Crippen LogP contribution >= 0.6 is 9.24 Å². The molecule has 13 heteroatoms. The van der Waals surface area contributed by atoms with Gasteiger partial charge in [-0.25, -0.2) is 24.1 Å². The molecule has 4 atom stereocenters. The maximum Gasteiger partial charge on any atom is 0.416 e. The second-order valence-electron chi connectivity index (χ2n) is 8.23. The lowest BCUT2D eigenvalue weighted by atomic mass is 10.0. The molecule has 0 radical (unpaired) electrons. The van der Waals surface area contributed by atoms with Crippen LogP contribution in [0.3, 0.4) is 0 Å². The molecule has 178 valence electrons. The number of hydrogen-bond donors (Lipinski definition) is 2. The molecular weight excluding hydrogens is 463 g/mol. The van der Waals surface area contributed by atoms with Crippen molar-refractivity contribution in [2.24, 2.45) is 5.92 Å². The third-order valence-corrected chi connectivity index (χ3v) is 5.98. The van der Waals surface area contributed by atoms with Crippen LogP contribution in [0, 0.1) is 5.92 Å². The predicted molar refractivity (Wildman–Crippen MR) is 117 cm³/mol. The highest BCUT2D eigenvalue weighted by molar-refractivity contribution is 7.17. The van der Waals surface area contributed by atoms with Gasteiger partial charge in [0.15, 0.2) is 12.0 Å². The molecule has 8 nitrogen and oxygen atoms in total. The molecule has 0 aliphatic carbocycles. The van der Waals surface area contributed by atoms with E-state index in [2.05, 4.69) is 25.6 Å². The van der Waals surface area contributed by atoms with Crippen molar-refractivity contribution in [2.45, 2.75) is 38.1 Å². The maximum atomic E-state index is 14.3. The number of amides is 1. The lowest BCUT2D eigenvalue weighted by Crippen LogP contribution is -2.53. The summed E-state index contributed by atoms with van der Waals surface area (Å²) < 4.78 is 60.7. The number of cyclic esters (lactones) is 1. The fourth-order valence-electron chi connectivity index (χ4n) is 3.89. The summed E-state index contributed by atoms with van der Waals surface area (Å²) >= 11 is 0. The third kappa shape index (κ3) is 4.86. The highest BCUT2D eigenvalue weighted by atomic mass is 31.0. The quantitative estimate of drug-likeness (QED) is 0.502. The van der Waals surface area contributed by atoms with Crippen molar-refractivity contribution in [3.8, 4) is 11.4 Å². The van der Waals surface area contributed by atoms with Crippen LogP contribution in [0.5, 0.6) is 0 Å². The van der Waals surface area contributed by atoms with Crippen LogP contribution in [0.2, 0.25) is 0 Å². The van der Waals surface area contributed by atoms with Crippen LogP contribution in [-0.4, -0.2) is 52.6 Å². The van der Waals surface area contributed by atoms with Crippen molar-refractivity contribution in [2.75, 3.05) is 29.9 Å². The summed E-state index contributed by atoms with van der Waals surface area (Å²) in [4.78, 5) is 26.1. The van der Waals surface area contributed by atoms with E-state index in [-0.39, 0.29) is 40.5 Å². The minimum Gasteiger partial charge on any atom is -0.437 e. The molecule has 0 saturated carbocycles. The maximum absolute atomic E-state index is 14.3. The number of fused-ring (bicyclic) bond motifs is 1. The average molecular weight is 486 g/mol. The van der Waals surface area contributed by atoms with Gasteiger partial charge in [-0.05, 0) is 18.1 Å². The van der Waals surface area contributed by atoms with Crippen LogP contribution in [0.15, 0.2) is 18.5 Å². The number of halogens is 4. The zero-order valence-electron chi connectivity index (χ0n) is 17.9. The lowest BCUT2D eigenvalue weighted by molar-refractivity contribution is -0.137. The van der Waals surface area contributed by atoms with Gasteiger partial charge in [-0.1, -0.05) is 23.1 Å². The Hall–Kier alpha value is -2.59. The summed E-state index contributed by atoms with van der Waals surface area (Å²) in [5.74, 6) is -1.35. The largest absolute Gasteiger partial charge is 0.437 e. The molecule has 2 aliphatic rings. The number of nitrogens with zero attached hydrogens (tertiary/aromatic N) is 4. The number of ether oxygens (including phenoxy) is 1. The molecule has 4 rings (SSSR count). The van der Waals surface area contributed by atoms with E-state index >= 15 is 0 Å². The normalized spacial score (nSPS) is 21.9. The Balaban J connectivity index is 1.85. The number of aromatic nitrogens is 3. The van der Waals surface area contributed by atoms with E-state index in [4.69, 9.17) is 4.74 Å². The van der Waals surface area contributed by atoms with Gasteiger partial charge in [0.1, 0.15) is 23.7 Å². The van der Waals surface area contributed by atoms with Gasteiger partial charge in [-0.3, -0.25) is 5.32 Å². The molecule has 0 aromatic carbocycles. The van der Waals surface area contributed by atoms with Crippen molar-refractivity contribution < 1.29 is 27.1 Å². The summed E-state index contributed by atoms with van der Waals surface area (Å²) in [7, 11) is 1.87.